The number of aromatic nitrogens is 4. The molecule has 5 nitrogen and oxygen atoms in total. The summed E-state index contributed by atoms with van der Waals surface area (Å²) in [5.74, 6) is 0.680. The van der Waals surface area contributed by atoms with Crippen molar-refractivity contribution in [3.05, 3.63) is 216 Å². The summed E-state index contributed by atoms with van der Waals surface area (Å²) in [5.41, 5.74) is 13.0. The topological polar surface area (TPSA) is 52.7 Å². The highest BCUT2D eigenvalue weighted by Gasteiger charge is 2.19. The number of nitrogens with zero attached hydrogens (tertiary/aromatic N) is 4. The molecule has 0 saturated heterocycles. The number of fused-ring (bicyclic) bond motifs is 5. The second kappa shape index (κ2) is 13.7. The molecule has 58 heavy (non-hydrogen) atoms. The number of hydrogen-bond donors (Lipinski definition) is 0. The molecule has 272 valence electrons. The van der Waals surface area contributed by atoms with Gasteiger partial charge in [0.15, 0.2) is 11.3 Å². The largest absolute Gasteiger partial charge is 0.307 e. The van der Waals surface area contributed by atoms with Gasteiger partial charge in [0, 0.05) is 38.2 Å². The van der Waals surface area contributed by atoms with E-state index >= 15 is 0 Å². The van der Waals surface area contributed by atoms with Crippen molar-refractivity contribution in [1.29, 1.82) is 0 Å². The molecule has 8 aromatic carbocycles. The molecule has 0 spiro atoms. The quantitative estimate of drug-likeness (QED) is 0.159. The van der Waals surface area contributed by atoms with Crippen LogP contribution in [0.2, 0.25) is 0 Å². The third kappa shape index (κ3) is 5.52. The molecule has 0 N–H and O–H groups in total. The van der Waals surface area contributed by atoms with E-state index < -0.39 is 0 Å². The molecule has 0 radical (unpaired) electrons. The second-order valence-corrected chi connectivity index (χ2v) is 14.5. The Kier molecular flexibility index (Phi) is 7.90. The summed E-state index contributed by atoms with van der Waals surface area (Å²) >= 11 is 0. The van der Waals surface area contributed by atoms with Crippen molar-refractivity contribution >= 4 is 43.6 Å². The summed E-state index contributed by atoms with van der Waals surface area (Å²) < 4.78 is 4.59. The van der Waals surface area contributed by atoms with E-state index in [1.165, 1.54) is 0 Å². The zero-order chi connectivity index (χ0) is 38.6. The minimum atomic E-state index is 0.0421. The Hall–Kier alpha value is -7.89. The summed E-state index contributed by atoms with van der Waals surface area (Å²) in [5, 5.41) is 3.69. The fraction of sp³-hybridized carbons (Fsp3) is 0. The first-order chi connectivity index (χ1) is 28.7. The molecule has 0 bridgehead atoms. The minimum absolute atomic E-state index is 0.0421. The number of hydrogen-bond acceptors (Lipinski definition) is 3. The standard InChI is InChI=1S/C53H34N4O/c58-52-41-23-8-11-26-47(41)57(48-27-12-9-24-42(48)52)51-29-14-13-28-50(51)56-46-25-10-7-22-40(46)43-33-38(30-31-49(43)56)37-20-15-21-39(32-37)53-54-44(35-16-3-1-4-17-35)34-45(55-53)36-18-5-2-6-19-36/h1-34H. The van der Waals surface area contributed by atoms with Crippen molar-refractivity contribution < 1.29 is 0 Å². The molecule has 11 rings (SSSR count). The van der Waals surface area contributed by atoms with E-state index in [4.69, 9.17) is 9.97 Å². The molecule has 0 amide bonds. The van der Waals surface area contributed by atoms with Crippen LogP contribution in [-0.4, -0.2) is 19.1 Å². The first kappa shape index (κ1) is 33.4. The molecule has 3 aromatic heterocycles. The molecule has 0 saturated carbocycles. The van der Waals surface area contributed by atoms with Gasteiger partial charge in [0.25, 0.3) is 0 Å². The van der Waals surface area contributed by atoms with Gasteiger partial charge in [0.2, 0.25) is 0 Å². The third-order valence-electron chi connectivity index (χ3n) is 11.1. The van der Waals surface area contributed by atoms with E-state index in [9.17, 15) is 4.79 Å². The Labute approximate surface area is 334 Å². The lowest BCUT2D eigenvalue weighted by Gasteiger charge is -2.20. The highest BCUT2D eigenvalue weighted by Crippen LogP contribution is 2.38. The summed E-state index contributed by atoms with van der Waals surface area (Å²) in [6, 6.07) is 70.8. The smallest absolute Gasteiger partial charge is 0.197 e. The summed E-state index contributed by atoms with van der Waals surface area (Å²) in [6.07, 6.45) is 0. The Morgan fingerprint density at radius 2 is 0.741 bits per heavy atom. The van der Waals surface area contributed by atoms with E-state index in [1.54, 1.807) is 0 Å². The van der Waals surface area contributed by atoms with Crippen LogP contribution >= 0.6 is 0 Å². The van der Waals surface area contributed by atoms with E-state index in [0.717, 1.165) is 83.4 Å². The fourth-order valence-electron chi connectivity index (χ4n) is 8.44. The van der Waals surface area contributed by atoms with Gasteiger partial charge < -0.3 is 9.13 Å². The number of pyridine rings is 1. The molecule has 0 unspecified atom stereocenters. The minimum Gasteiger partial charge on any atom is -0.307 e. The van der Waals surface area contributed by atoms with Crippen molar-refractivity contribution in [2.75, 3.05) is 0 Å². The average molecular weight is 743 g/mol. The predicted molar refractivity (Wildman–Crippen MR) is 239 cm³/mol. The fourth-order valence-corrected chi connectivity index (χ4v) is 8.44. The Morgan fingerprint density at radius 3 is 1.33 bits per heavy atom. The monoisotopic (exact) mass is 742 g/mol. The Morgan fingerprint density at radius 1 is 0.310 bits per heavy atom. The van der Waals surface area contributed by atoms with Gasteiger partial charge in [-0.25, -0.2) is 9.97 Å². The van der Waals surface area contributed by atoms with Crippen molar-refractivity contribution in [2.24, 2.45) is 0 Å². The normalized spacial score (nSPS) is 11.5. The van der Waals surface area contributed by atoms with Gasteiger partial charge in [0.05, 0.1) is 44.8 Å². The maximum absolute atomic E-state index is 13.7. The van der Waals surface area contributed by atoms with E-state index in [0.29, 0.717) is 16.6 Å². The summed E-state index contributed by atoms with van der Waals surface area (Å²) in [7, 11) is 0. The molecule has 0 aliphatic rings. The Bertz CT molecular complexity index is 3300. The van der Waals surface area contributed by atoms with Crippen LogP contribution in [0.25, 0.3) is 100 Å². The lowest BCUT2D eigenvalue weighted by atomic mass is 10.00. The molecule has 0 aliphatic carbocycles. The van der Waals surface area contributed by atoms with Crippen LogP contribution in [0.3, 0.4) is 0 Å². The van der Waals surface area contributed by atoms with Crippen LogP contribution in [-0.2, 0) is 0 Å². The second-order valence-electron chi connectivity index (χ2n) is 14.5. The lowest BCUT2D eigenvalue weighted by Crippen LogP contribution is -2.12. The molecule has 0 atom stereocenters. The third-order valence-corrected chi connectivity index (χ3v) is 11.1. The maximum Gasteiger partial charge on any atom is 0.197 e. The van der Waals surface area contributed by atoms with E-state index in [1.807, 2.05) is 84.9 Å². The first-order valence-electron chi connectivity index (χ1n) is 19.5. The van der Waals surface area contributed by atoms with Crippen molar-refractivity contribution in [3.63, 3.8) is 0 Å². The number of para-hydroxylation sites is 5. The maximum atomic E-state index is 13.7. The zero-order valence-electron chi connectivity index (χ0n) is 31.3. The molecule has 0 fully saturated rings. The van der Waals surface area contributed by atoms with Gasteiger partial charge in [0.1, 0.15) is 0 Å². The molecule has 0 aliphatic heterocycles. The van der Waals surface area contributed by atoms with Crippen LogP contribution in [0, 0.1) is 0 Å². The van der Waals surface area contributed by atoms with Crippen LogP contribution in [0.1, 0.15) is 0 Å². The molecule has 11 aromatic rings. The van der Waals surface area contributed by atoms with Gasteiger partial charge in [-0.2, -0.15) is 0 Å². The number of rotatable bonds is 6. The lowest BCUT2D eigenvalue weighted by molar-refractivity contribution is 1.09. The highest BCUT2D eigenvalue weighted by atomic mass is 16.1. The zero-order valence-corrected chi connectivity index (χ0v) is 31.3. The van der Waals surface area contributed by atoms with Crippen LogP contribution in [0.4, 0.5) is 0 Å². The predicted octanol–water partition coefficient (Wildman–Crippen LogP) is 12.7. The van der Waals surface area contributed by atoms with Crippen LogP contribution < -0.4 is 5.43 Å². The van der Waals surface area contributed by atoms with Crippen LogP contribution in [0.15, 0.2) is 211 Å². The SMILES string of the molecule is O=c1c2ccccc2n(-c2ccccc2-n2c3ccccc3c3cc(-c4cccc(-c5nc(-c6ccccc6)cc(-c6ccccc6)n5)c4)ccc32)c2ccccc12. The van der Waals surface area contributed by atoms with Crippen molar-refractivity contribution in [1.82, 2.24) is 19.1 Å². The van der Waals surface area contributed by atoms with Gasteiger partial charge in [-0.05, 0) is 77.9 Å². The molecular weight excluding hydrogens is 709 g/mol. The van der Waals surface area contributed by atoms with Crippen molar-refractivity contribution in [2.45, 2.75) is 0 Å². The number of benzene rings is 8. The average Bonchev–Trinajstić information content (AvgIpc) is 3.63. The van der Waals surface area contributed by atoms with E-state index in [-0.39, 0.29) is 5.43 Å². The molecule has 5 heteroatoms. The van der Waals surface area contributed by atoms with Crippen LogP contribution in [0.5, 0.6) is 0 Å². The summed E-state index contributed by atoms with van der Waals surface area (Å²) in [4.78, 5) is 23.9. The Balaban J connectivity index is 1.08. The van der Waals surface area contributed by atoms with E-state index in [2.05, 4.69) is 130 Å². The molecule has 3 heterocycles. The molecular formula is C53H34N4O. The summed E-state index contributed by atoms with van der Waals surface area (Å²) in [6.45, 7) is 0. The first-order valence-corrected chi connectivity index (χ1v) is 19.5. The van der Waals surface area contributed by atoms with Crippen molar-refractivity contribution in [3.8, 4) is 56.4 Å². The van der Waals surface area contributed by atoms with Gasteiger partial charge in [-0.1, -0.05) is 140 Å². The van der Waals surface area contributed by atoms with Gasteiger partial charge in [-0.3, -0.25) is 4.79 Å². The van der Waals surface area contributed by atoms with Gasteiger partial charge in [-0.15, -0.1) is 0 Å². The van der Waals surface area contributed by atoms with Gasteiger partial charge >= 0.3 is 0 Å². The highest BCUT2D eigenvalue weighted by molar-refractivity contribution is 6.11.